The van der Waals surface area contributed by atoms with Gasteiger partial charge in [-0.1, -0.05) is 18.7 Å². The number of likely N-dealkylation sites (tertiary alicyclic amines) is 1. The fraction of sp³-hybridized carbons (Fsp3) is 0.714. The van der Waals surface area contributed by atoms with Gasteiger partial charge in [0.1, 0.15) is 0 Å². The Morgan fingerprint density at radius 2 is 2.20 bits per heavy atom. The number of aliphatic hydroxyl groups excluding tert-OH is 1. The zero-order chi connectivity index (χ0) is 14.7. The van der Waals surface area contributed by atoms with Crippen molar-refractivity contribution >= 4 is 17.7 Å². The van der Waals surface area contributed by atoms with E-state index in [1.807, 2.05) is 23.4 Å². The van der Waals surface area contributed by atoms with Crippen LogP contribution in [-0.2, 0) is 18.4 Å². The number of rotatable bonds is 4. The number of aliphatic hydroxyl groups is 1. The standard InChI is InChI=1S/C14H23N3O2S/c1-10-4-6-17(7-5-10)13(19)11(2)20-14-15-8-12(9-18)16(14)3/h8,10-11,18H,4-7,9H2,1-3H3/t11-/m0/s1. The third-order valence-electron chi connectivity index (χ3n) is 3.93. The van der Waals surface area contributed by atoms with Gasteiger partial charge in [0.15, 0.2) is 5.16 Å². The van der Waals surface area contributed by atoms with Crippen molar-refractivity contribution in [3.8, 4) is 0 Å². The van der Waals surface area contributed by atoms with Crippen LogP contribution in [0.2, 0.25) is 0 Å². The summed E-state index contributed by atoms with van der Waals surface area (Å²) in [6.45, 7) is 5.87. The van der Waals surface area contributed by atoms with Gasteiger partial charge in [0.25, 0.3) is 0 Å². The molecule has 0 saturated carbocycles. The number of piperidine rings is 1. The minimum Gasteiger partial charge on any atom is -0.390 e. The van der Waals surface area contributed by atoms with Gasteiger partial charge in [-0.2, -0.15) is 0 Å². The summed E-state index contributed by atoms with van der Waals surface area (Å²) in [6.07, 6.45) is 3.85. The van der Waals surface area contributed by atoms with E-state index in [0.717, 1.165) is 42.7 Å². The number of hydrogen-bond acceptors (Lipinski definition) is 4. The molecule has 1 N–H and O–H groups in total. The van der Waals surface area contributed by atoms with Gasteiger partial charge in [0.2, 0.25) is 5.91 Å². The highest BCUT2D eigenvalue weighted by Gasteiger charge is 2.26. The van der Waals surface area contributed by atoms with E-state index in [9.17, 15) is 4.79 Å². The number of imidazole rings is 1. The quantitative estimate of drug-likeness (QED) is 0.859. The molecule has 0 aromatic carbocycles. The number of amides is 1. The summed E-state index contributed by atoms with van der Waals surface area (Å²) in [5.41, 5.74) is 0.763. The lowest BCUT2D eigenvalue weighted by Gasteiger charge is -2.31. The Morgan fingerprint density at radius 3 is 2.75 bits per heavy atom. The minimum atomic E-state index is -0.143. The largest absolute Gasteiger partial charge is 0.390 e. The summed E-state index contributed by atoms with van der Waals surface area (Å²) >= 11 is 1.46. The van der Waals surface area contributed by atoms with Gasteiger partial charge >= 0.3 is 0 Å². The van der Waals surface area contributed by atoms with Crippen LogP contribution in [0, 0.1) is 5.92 Å². The fourth-order valence-electron chi connectivity index (χ4n) is 2.38. The first-order valence-electron chi connectivity index (χ1n) is 7.09. The van der Waals surface area contributed by atoms with Crippen LogP contribution in [-0.4, -0.2) is 43.8 Å². The van der Waals surface area contributed by atoms with Crippen LogP contribution < -0.4 is 0 Å². The molecule has 1 fully saturated rings. The molecular formula is C14H23N3O2S. The van der Waals surface area contributed by atoms with Gasteiger partial charge < -0.3 is 14.6 Å². The van der Waals surface area contributed by atoms with Crippen molar-refractivity contribution in [1.29, 1.82) is 0 Å². The Balaban J connectivity index is 1.95. The second-order valence-electron chi connectivity index (χ2n) is 5.52. The molecule has 1 aromatic rings. The van der Waals surface area contributed by atoms with Gasteiger partial charge in [-0.05, 0) is 25.7 Å². The lowest BCUT2D eigenvalue weighted by molar-refractivity contribution is -0.131. The van der Waals surface area contributed by atoms with Crippen LogP contribution in [0.1, 0.15) is 32.4 Å². The number of carbonyl (C=O) groups excluding carboxylic acids is 1. The maximum atomic E-state index is 12.4. The van der Waals surface area contributed by atoms with E-state index in [0.29, 0.717) is 0 Å². The molecule has 0 unspecified atom stereocenters. The van der Waals surface area contributed by atoms with Crippen LogP contribution in [0.15, 0.2) is 11.4 Å². The van der Waals surface area contributed by atoms with E-state index in [2.05, 4.69) is 11.9 Å². The Morgan fingerprint density at radius 1 is 1.55 bits per heavy atom. The van der Waals surface area contributed by atoms with E-state index < -0.39 is 0 Å². The van der Waals surface area contributed by atoms with E-state index >= 15 is 0 Å². The summed E-state index contributed by atoms with van der Waals surface area (Å²) in [4.78, 5) is 18.6. The second-order valence-corrected chi connectivity index (χ2v) is 6.83. The summed E-state index contributed by atoms with van der Waals surface area (Å²) in [7, 11) is 1.86. The van der Waals surface area contributed by atoms with Gasteiger partial charge in [0.05, 0.1) is 23.7 Å². The van der Waals surface area contributed by atoms with Gasteiger partial charge in [-0.25, -0.2) is 4.98 Å². The smallest absolute Gasteiger partial charge is 0.235 e. The Kier molecular flexibility index (Phi) is 5.10. The summed E-state index contributed by atoms with van der Waals surface area (Å²) < 4.78 is 1.84. The first kappa shape index (κ1) is 15.4. The highest BCUT2D eigenvalue weighted by atomic mass is 32.2. The predicted molar refractivity (Wildman–Crippen MR) is 79.4 cm³/mol. The number of nitrogens with zero attached hydrogens (tertiary/aromatic N) is 3. The average Bonchev–Trinajstić information content (AvgIpc) is 2.79. The van der Waals surface area contributed by atoms with Crippen molar-refractivity contribution in [2.45, 2.75) is 43.7 Å². The van der Waals surface area contributed by atoms with Crippen molar-refractivity contribution in [2.75, 3.05) is 13.1 Å². The van der Waals surface area contributed by atoms with Crippen molar-refractivity contribution in [2.24, 2.45) is 13.0 Å². The summed E-state index contributed by atoms with van der Waals surface area (Å²) in [5, 5.41) is 9.79. The second kappa shape index (κ2) is 6.63. The molecule has 0 aliphatic carbocycles. The Hall–Kier alpha value is -1.01. The maximum absolute atomic E-state index is 12.4. The van der Waals surface area contributed by atoms with E-state index in [1.54, 1.807) is 6.20 Å². The third-order valence-corrected chi connectivity index (χ3v) is 5.07. The van der Waals surface area contributed by atoms with Gasteiger partial charge in [-0.15, -0.1) is 0 Å². The molecule has 112 valence electrons. The zero-order valence-corrected chi connectivity index (χ0v) is 13.2. The van der Waals surface area contributed by atoms with Crippen LogP contribution in [0.3, 0.4) is 0 Å². The highest BCUT2D eigenvalue weighted by Crippen LogP contribution is 2.25. The molecule has 1 atom stereocenters. The molecule has 1 aromatic heterocycles. The zero-order valence-electron chi connectivity index (χ0n) is 12.4. The summed E-state index contributed by atoms with van der Waals surface area (Å²) in [5.74, 6) is 0.916. The molecule has 0 spiro atoms. The molecule has 0 bridgehead atoms. The average molecular weight is 297 g/mol. The van der Waals surface area contributed by atoms with Crippen molar-refractivity contribution in [3.05, 3.63) is 11.9 Å². The van der Waals surface area contributed by atoms with Crippen molar-refractivity contribution < 1.29 is 9.90 Å². The monoisotopic (exact) mass is 297 g/mol. The number of carbonyl (C=O) groups is 1. The van der Waals surface area contributed by atoms with E-state index in [1.165, 1.54) is 11.8 Å². The molecule has 6 heteroatoms. The molecular weight excluding hydrogens is 274 g/mol. The predicted octanol–water partition coefficient (Wildman–Crippen LogP) is 1.65. The molecule has 1 aliphatic rings. The maximum Gasteiger partial charge on any atom is 0.235 e. The van der Waals surface area contributed by atoms with Crippen LogP contribution in [0.4, 0.5) is 0 Å². The number of hydrogen-bond donors (Lipinski definition) is 1. The molecule has 20 heavy (non-hydrogen) atoms. The number of thioether (sulfide) groups is 1. The van der Waals surface area contributed by atoms with Crippen molar-refractivity contribution in [3.63, 3.8) is 0 Å². The SMILES string of the molecule is CC1CCN(C(=O)[C@H](C)Sc2ncc(CO)n2C)CC1. The Bertz CT molecular complexity index is 467. The van der Waals surface area contributed by atoms with Crippen LogP contribution in [0.5, 0.6) is 0 Å². The molecule has 2 heterocycles. The van der Waals surface area contributed by atoms with Crippen LogP contribution >= 0.6 is 11.8 Å². The number of aromatic nitrogens is 2. The molecule has 5 nitrogen and oxygen atoms in total. The van der Waals surface area contributed by atoms with E-state index in [4.69, 9.17) is 5.11 Å². The first-order chi connectivity index (χ1) is 9.52. The highest BCUT2D eigenvalue weighted by molar-refractivity contribution is 8.00. The van der Waals surface area contributed by atoms with E-state index in [-0.39, 0.29) is 17.8 Å². The van der Waals surface area contributed by atoms with Crippen LogP contribution in [0.25, 0.3) is 0 Å². The lowest BCUT2D eigenvalue weighted by atomic mass is 9.99. The first-order valence-corrected chi connectivity index (χ1v) is 7.97. The molecule has 0 radical (unpaired) electrons. The fourth-order valence-corrected chi connectivity index (χ4v) is 3.33. The van der Waals surface area contributed by atoms with Crippen molar-refractivity contribution in [1.82, 2.24) is 14.5 Å². The Labute approximate surface area is 124 Å². The summed E-state index contributed by atoms with van der Waals surface area (Å²) in [6, 6.07) is 0. The minimum absolute atomic E-state index is 0.0313. The topological polar surface area (TPSA) is 58.4 Å². The molecule has 1 aliphatic heterocycles. The molecule has 1 saturated heterocycles. The lowest BCUT2D eigenvalue weighted by Crippen LogP contribution is -2.41. The van der Waals surface area contributed by atoms with Gasteiger partial charge in [0, 0.05) is 20.1 Å². The third kappa shape index (κ3) is 3.35. The normalized spacial score (nSPS) is 18.3. The van der Waals surface area contributed by atoms with Gasteiger partial charge in [-0.3, -0.25) is 4.79 Å². The molecule has 2 rings (SSSR count). The molecule has 1 amide bonds.